The fourth-order valence-corrected chi connectivity index (χ4v) is 3.05. The second kappa shape index (κ2) is 10.2. The summed E-state index contributed by atoms with van der Waals surface area (Å²) in [6, 6.07) is 13.0. The molecule has 0 saturated heterocycles. The molecule has 0 radical (unpaired) electrons. The summed E-state index contributed by atoms with van der Waals surface area (Å²) < 4.78 is 78.9. The summed E-state index contributed by atoms with van der Waals surface area (Å²) in [6.07, 6.45) is -12.3. The minimum atomic E-state index is -4.81. The van der Waals surface area contributed by atoms with Crippen LogP contribution in [0.3, 0.4) is 0 Å². The number of aliphatic hydroxyl groups is 1. The zero-order chi connectivity index (χ0) is 22.4. The SMILES string of the molecule is Cc1cccc(CN(CCC[C@H](O)C(F)(F)F)Cc2cccc(OC(F)(F)F)c2)c1. The summed E-state index contributed by atoms with van der Waals surface area (Å²) in [6.45, 7) is 2.75. The third-order valence-electron chi connectivity index (χ3n) is 4.36. The molecule has 0 aliphatic carbocycles. The van der Waals surface area contributed by atoms with Gasteiger partial charge in [0.05, 0.1) is 0 Å². The van der Waals surface area contributed by atoms with Crippen LogP contribution in [0.1, 0.15) is 29.5 Å². The van der Waals surface area contributed by atoms with E-state index in [1.807, 2.05) is 36.1 Å². The minimum absolute atomic E-state index is 0.0746. The van der Waals surface area contributed by atoms with Gasteiger partial charge in [-0.3, -0.25) is 4.90 Å². The highest BCUT2D eigenvalue weighted by atomic mass is 19.4. The van der Waals surface area contributed by atoms with Gasteiger partial charge in [-0.05, 0) is 49.6 Å². The third-order valence-corrected chi connectivity index (χ3v) is 4.36. The number of benzene rings is 2. The lowest BCUT2D eigenvalue weighted by Crippen LogP contribution is -2.30. The summed E-state index contributed by atoms with van der Waals surface area (Å²) in [7, 11) is 0. The van der Waals surface area contributed by atoms with Gasteiger partial charge in [0.2, 0.25) is 0 Å². The number of nitrogens with zero attached hydrogens (tertiary/aromatic N) is 1. The molecule has 0 spiro atoms. The molecule has 0 aromatic heterocycles. The van der Waals surface area contributed by atoms with Crippen molar-refractivity contribution in [2.75, 3.05) is 6.54 Å². The number of rotatable bonds is 9. The van der Waals surface area contributed by atoms with Crippen molar-refractivity contribution in [1.29, 1.82) is 0 Å². The van der Waals surface area contributed by atoms with E-state index in [-0.39, 0.29) is 25.3 Å². The standard InChI is InChI=1S/C21H23F6NO2/c1-15-5-2-6-16(11-15)13-28(10-4-9-19(29)20(22,23)24)14-17-7-3-8-18(12-17)30-21(25,26)27/h2-3,5-8,11-12,19,29H,4,9-10,13-14H2,1H3/t19-/m0/s1. The van der Waals surface area contributed by atoms with Crippen LogP contribution < -0.4 is 4.74 Å². The number of halogens is 6. The zero-order valence-electron chi connectivity index (χ0n) is 16.3. The van der Waals surface area contributed by atoms with E-state index in [1.54, 1.807) is 6.07 Å². The summed E-state index contributed by atoms with van der Waals surface area (Å²) in [5, 5.41) is 9.19. The van der Waals surface area contributed by atoms with Crippen molar-refractivity contribution < 1.29 is 36.2 Å². The number of hydrogen-bond acceptors (Lipinski definition) is 3. The van der Waals surface area contributed by atoms with Crippen LogP contribution in [0.5, 0.6) is 5.75 Å². The number of hydrogen-bond donors (Lipinski definition) is 1. The van der Waals surface area contributed by atoms with E-state index >= 15 is 0 Å². The molecule has 3 nitrogen and oxygen atoms in total. The minimum Gasteiger partial charge on any atom is -0.406 e. The van der Waals surface area contributed by atoms with Crippen molar-refractivity contribution in [3.05, 3.63) is 65.2 Å². The van der Waals surface area contributed by atoms with Gasteiger partial charge in [0.1, 0.15) is 11.9 Å². The van der Waals surface area contributed by atoms with Gasteiger partial charge in [-0.15, -0.1) is 13.2 Å². The first-order valence-corrected chi connectivity index (χ1v) is 9.30. The quantitative estimate of drug-likeness (QED) is 0.521. The van der Waals surface area contributed by atoms with Gasteiger partial charge in [-0.2, -0.15) is 13.2 Å². The smallest absolute Gasteiger partial charge is 0.406 e. The van der Waals surface area contributed by atoms with Gasteiger partial charge >= 0.3 is 12.5 Å². The molecule has 2 aromatic rings. The Morgan fingerprint density at radius 1 is 0.933 bits per heavy atom. The predicted octanol–water partition coefficient (Wildman–Crippen LogP) is 5.60. The molecule has 1 N–H and O–H groups in total. The first kappa shape index (κ1) is 24.0. The van der Waals surface area contributed by atoms with Crippen LogP contribution in [0.15, 0.2) is 48.5 Å². The maximum absolute atomic E-state index is 12.5. The van der Waals surface area contributed by atoms with E-state index in [0.717, 1.165) is 11.1 Å². The number of aryl methyl sites for hydroxylation is 1. The molecule has 9 heteroatoms. The van der Waals surface area contributed by atoms with Crippen LogP contribution in [0, 0.1) is 6.92 Å². The molecular formula is C21H23F6NO2. The van der Waals surface area contributed by atoms with Crippen molar-refractivity contribution in [2.24, 2.45) is 0 Å². The average Bonchev–Trinajstić information content (AvgIpc) is 2.59. The second-order valence-electron chi connectivity index (χ2n) is 7.09. The van der Waals surface area contributed by atoms with Gasteiger partial charge in [0.15, 0.2) is 0 Å². The highest BCUT2D eigenvalue weighted by molar-refractivity contribution is 5.29. The lowest BCUT2D eigenvalue weighted by atomic mass is 10.1. The molecule has 0 aliphatic heterocycles. The Bertz CT molecular complexity index is 807. The zero-order valence-corrected chi connectivity index (χ0v) is 16.3. The van der Waals surface area contributed by atoms with Crippen LogP contribution in [0.2, 0.25) is 0 Å². The highest BCUT2D eigenvalue weighted by Crippen LogP contribution is 2.25. The van der Waals surface area contributed by atoms with Crippen molar-refractivity contribution in [2.45, 2.75) is 51.5 Å². The highest BCUT2D eigenvalue weighted by Gasteiger charge is 2.37. The van der Waals surface area contributed by atoms with E-state index in [0.29, 0.717) is 12.1 Å². The molecule has 0 aliphatic rings. The van der Waals surface area contributed by atoms with Crippen molar-refractivity contribution in [1.82, 2.24) is 4.90 Å². The molecule has 0 saturated carbocycles. The van der Waals surface area contributed by atoms with Gasteiger partial charge < -0.3 is 9.84 Å². The topological polar surface area (TPSA) is 32.7 Å². The van der Waals surface area contributed by atoms with Crippen LogP contribution in [-0.2, 0) is 13.1 Å². The van der Waals surface area contributed by atoms with E-state index in [2.05, 4.69) is 4.74 Å². The van der Waals surface area contributed by atoms with Gasteiger partial charge in [0, 0.05) is 13.1 Å². The van der Waals surface area contributed by atoms with Gasteiger partial charge in [0.25, 0.3) is 0 Å². The Labute approximate surface area is 170 Å². The molecule has 2 aromatic carbocycles. The molecule has 0 heterocycles. The molecule has 166 valence electrons. The Morgan fingerprint density at radius 2 is 1.53 bits per heavy atom. The van der Waals surface area contributed by atoms with Crippen molar-refractivity contribution >= 4 is 0 Å². The predicted molar refractivity (Wildman–Crippen MR) is 99.7 cm³/mol. The van der Waals surface area contributed by atoms with E-state index < -0.39 is 25.1 Å². The van der Waals surface area contributed by atoms with Crippen LogP contribution in [0.4, 0.5) is 26.3 Å². The van der Waals surface area contributed by atoms with Gasteiger partial charge in [-0.1, -0.05) is 42.0 Å². The third kappa shape index (κ3) is 8.62. The Morgan fingerprint density at radius 3 is 2.10 bits per heavy atom. The number of alkyl halides is 6. The molecule has 30 heavy (non-hydrogen) atoms. The molecule has 0 bridgehead atoms. The Kier molecular flexibility index (Phi) is 8.14. The van der Waals surface area contributed by atoms with Crippen molar-refractivity contribution in [3.8, 4) is 5.75 Å². The molecule has 2 rings (SSSR count). The normalized spacial score (nSPS) is 13.5. The number of aliphatic hydroxyl groups excluding tert-OH is 1. The molecule has 0 fully saturated rings. The van der Waals surface area contributed by atoms with Crippen molar-refractivity contribution in [3.63, 3.8) is 0 Å². The molecular weight excluding hydrogens is 412 g/mol. The maximum Gasteiger partial charge on any atom is 0.573 e. The van der Waals surface area contributed by atoms with Crippen LogP contribution >= 0.6 is 0 Å². The summed E-state index contributed by atoms with van der Waals surface area (Å²) in [5.41, 5.74) is 2.47. The number of ether oxygens (including phenoxy) is 1. The van der Waals surface area contributed by atoms with E-state index in [4.69, 9.17) is 0 Å². The monoisotopic (exact) mass is 435 g/mol. The molecule has 0 amide bonds. The maximum atomic E-state index is 12.5. The Balaban J connectivity index is 2.09. The van der Waals surface area contributed by atoms with Crippen LogP contribution in [0.25, 0.3) is 0 Å². The van der Waals surface area contributed by atoms with Crippen LogP contribution in [-0.4, -0.2) is 35.2 Å². The summed E-state index contributed by atoms with van der Waals surface area (Å²) in [4.78, 5) is 1.82. The first-order chi connectivity index (χ1) is 13.9. The molecule has 0 unspecified atom stereocenters. The fourth-order valence-electron chi connectivity index (χ4n) is 3.05. The Hall–Kier alpha value is -2.26. The summed E-state index contributed by atoms with van der Waals surface area (Å²) in [5.74, 6) is -0.358. The average molecular weight is 435 g/mol. The lowest BCUT2D eigenvalue weighted by Gasteiger charge is -2.24. The second-order valence-corrected chi connectivity index (χ2v) is 7.09. The first-order valence-electron chi connectivity index (χ1n) is 9.30. The summed E-state index contributed by atoms with van der Waals surface area (Å²) >= 11 is 0. The van der Waals surface area contributed by atoms with Gasteiger partial charge in [-0.25, -0.2) is 0 Å². The molecule has 1 atom stereocenters. The largest absolute Gasteiger partial charge is 0.573 e. The lowest BCUT2D eigenvalue weighted by molar-refractivity contribution is -0.274. The van der Waals surface area contributed by atoms with E-state index in [9.17, 15) is 31.4 Å². The van der Waals surface area contributed by atoms with E-state index in [1.165, 1.54) is 18.2 Å². The fraction of sp³-hybridized carbons (Fsp3) is 0.429.